The molecule has 1 saturated carbocycles. The number of nitrogens with zero attached hydrogens (tertiary/aromatic N) is 1. The number of amides is 2. The van der Waals surface area contributed by atoms with Crippen LogP contribution in [0.1, 0.15) is 46.0 Å². The fourth-order valence-electron chi connectivity index (χ4n) is 3.16. The zero-order valence-electron chi connectivity index (χ0n) is 11.9. The van der Waals surface area contributed by atoms with Gasteiger partial charge < -0.3 is 16.0 Å². The normalized spacial score (nSPS) is 32.4. The van der Waals surface area contributed by atoms with Crippen LogP contribution in [0.4, 0.5) is 0 Å². The summed E-state index contributed by atoms with van der Waals surface area (Å²) < 4.78 is 0. The lowest BCUT2D eigenvalue weighted by Crippen LogP contribution is -2.53. The zero-order valence-corrected chi connectivity index (χ0v) is 11.9. The van der Waals surface area contributed by atoms with Gasteiger partial charge in [0.15, 0.2) is 0 Å². The van der Waals surface area contributed by atoms with E-state index in [9.17, 15) is 9.59 Å². The van der Waals surface area contributed by atoms with Crippen molar-refractivity contribution in [2.24, 2.45) is 11.1 Å². The molecule has 0 aromatic rings. The van der Waals surface area contributed by atoms with Crippen molar-refractivity contribution in [3.8, 4) is 0 Å². The van der Waals surface area contributed by atoms with Crippen molar-refractivity contribution in [1.82, 2.24) is 10.2 Å². The SMILES string of the molecule is CC(=O)N1CCC(NC(=O)C2(C)CCCC2N)CC1. The molecule has 0 radical (unpaired) electrons. The van der Waals surface area contributed by atoms with Crippen molar-refractivity contribution in [1.29, 1.82) is 0 Å². The van der Waals surface area contributed by atoms with Gasteiger partial charge in [0.05, 0.1) is 5.41 Å². The average Bonchev–Trinajstić information content (AvgIpc) is 2.71. The Bertz CT molecular complexity index is 364. The number of likely N-dealkylation sites (tertiary alicyclic amines) is 1. The molecule has 2 aliphatic rings. The van der Waals surface area contributed by atoms with Gasteiger partial charge in [-0.2, -0.15) is 0 Å². The lowest BCUT2D eigenvalue weighted by atomic mass is 9.83. The molecule has 108 valence electrons. The molecule has 1 heterocycles. The van der Waals surface area contributed by atoms with Gasteiger partial charge in [-0.25, -0.2) is 0 Å². The first-order valence-corrected chi connectivity index (χ1v) is 7.25. The molecule has 19 heavy (non-hydrogen) atoms. The molecule has 2 unspecified atom stereocenters. The van der Waals surface area contributed by atoms with E-state index in [0.717, 1.165) is 45.2 Å². The number of piperidine rings is 1. The number of carbonyl (C=O) groups is 2. The number of hydrogen-bond acceptors (Lipinski definition) is 3. The summed E-state index contributed by atoms with van der Waals surface area (Å²) in [6, 6.07) is 0.164. The Labute approximate surface area is 114 Å². The van der Waals surface area contributed by atoms with Gasteiger partial charge in [0.2, 0.25) is 11.8 Å². The predicted octanol–water partition coefficient (Wildman–Crippen LogP) is 0.631. The highest BCUT2D eigenvalue weighted by atomic mass is 16.2. The van der Waals surface area contributed by atoms with E-state index in [2.05, 4.69) is 5.32 Å². The van der Waals surface area contributed by atoms with Crippen molar-refractivity contribution in [3.63, 3.8) is 0 Å². The summed E-state index contributed by atoms with van der Waals surface area (Å²) in [5, 5.41) is 3.13. The minimum Gasteiger partial charge on any atom is -0.353 e. The first-order valence-electron chi connectivity index (χ1n) is 7.25. The fourth-order valence-corrected chi connectivity index (χ4v) is 3.16. The Morgan fingerprint density at radius 3 is 2.37 bits per heavy atom. The van der Waals surface area contributed by atoms with E-state index < -0.39 is 5.41 Å². The first kappa shape index (κ1) is 14.3. The van der Waals surface area contributed by atoms with Crippen LogP contribution in [0.3, 0.4) is 0 Å². The van der Waals surface area contributed by atoms with Gasteiger partial charge in [-0.1, -0.05) is 6.42 Å². The van der Waals surface area contributed by atoms with Gasteiger partial charge in [0.25, 0.3) is 0 Å². The molecule has 2 rings (SSSR count). The van der Waals surface area contributed by atoms with E-state index in [1.165, 1.54) is 0 Å². The quantitative estimate of drug-likeness (QED) is 0.770. The minimum atomic E-state index is -0.405. The van der Waals surface area contributed by atoms with E-state index >= 15 is 0 Å². The first-order chi connectivity index (χ1) is 8.93. The largest absolute Gasteiger partial charge is 0.353 e. The van der Waals surface area contributed by atoms with Gasteiger partial charge >= 0.3 is 0 Å². The zero-order chi connectivity index (χ0) is 14.0. The van der Waals surface area contributed by atoms with Crippen LogP contribution >= 0.6 is 0 Å². The standard InChI is InChI=1S/C14H25N3O2/c1-10(18)17-8-5-11(6-9-17)16-13(19)14(2)7-3-4-12(14)15/h11-12H,3-9,15H2,1-2H3,(H,16,19). The van der Waals surface area contributed by atoms with Crippen LogP contribution in [0, 0.1) is 5.41 Å². The van der Waals surface area contributed by atoms with E-state index in [1.807, 2.05) is 11.8 Å². The number of rotatable bonds is 2. The van der Waals surface area contributed by atoms with Gasteiger partial charge in [0.1, 0.15) is 0 Å². The van der Waals surface area contributed by atoms with Crippen molar-refractivity contribution in [2.45, 2.75) is 58.0 Å². The summed E-state index contributed by atoms with van der Waals surface area (Å²) in [6.45, 7) is 5.05. The van der Waals surface area contributed by atoms with Gasteiger partial charge in [0, 0.05) is 32.1 Å². The van der Waals surface area contributed by atoms with Crippen LogP contribution in [-0.4, -0.2) is 41.9 Å². The third-order valence-corrected chi connectivity index (χ3v) is 4.82. The molecule has 5 nitrogen and oxygen atoms in total. The Morgan fingerprint density at radius 2 is 1.89 bits per heavy atom. The van der Waals surface area contributed by atoms with E-state index in [4.69, 9.17) is 5.73 Å². The highest BCUT2D eigenvalue weighted by Gasteiger charge is 2.43. The van der Waals surface area contributed by atoms with E-state index in [-0.39, 0.29) is 23.9 Å². The van der Waals surface area contributed by atoms with Crippen LogP contribution in [0.25, 0.3) is 0 Å². The summed E-state index contributed by atoms with van der Waals surface area (Å²) in [6.07, 6.45) is 4.54. The lowest BCUT2D eigenvalue weighted by molar-refractivity contribution is -0.132. The Morgan fingerprint density at radius 1 is 1.26 bits per heavy atom. The molecule has 0 spiro atoms. The average molecular weight is 267 g/mol. The van der Waals surface area contributed by atoms with Crippen LogP contribution < -0.4 is 11.1 Å². The maximum Gasteiger partial charge on any atom is 0.227 e. The highest BCUT2D eigenvalue weighted by molar-refractivity contribution is 5.83. The molecule has 2 amide bonds. The number of nitrogens with two attached hydrogens (primary N) is 1. The van der Waals surface area contributed by atoms with Crippen molar-refractivity contribution in [2.75, 3.05) is 13.1 Å². The Kier molecular flexibility index (Phi) is 4.13. The molecule has 0 aromatic carbocycles. The van der Waals surface area contributed by atoms with Crippen molar-refractivity contribution >= 4 is 11.8 Å². The Hall–Kier alpha value is -1.10. The van der Waals surface area contributed by atoms with Gasteiger partial charge in [-0.15, -0.1) is 0 Å². The Balaban J connectivity index is 1.86. The summed E-state index contributed by atoms with van der Waals surface area (Å²) >= 11 is 0. The van der Waals surface area contributed by atoms with Gasteiger partial charge in [-0.3, -0.25) is 9.59 Å². The maximum atomic E-state index is 12.4. The molecule has 2 fully saturated rings. The topological polar surface area (TPSA) is 75.4 Å². The van der Waals surface area contributed by atoms with Crippen LogP contribution in [0.5, 0.6) is 0 Å². The van der Waals surface area contributed by atoms with Crippen LogP contribution in [0.15, 0.2) is 0 Å². The molecule has 1 saturated heterocycles. The van der Waals surface area contributed by atoms with Crippen LogP contribution in [-0.2, 0) is 9.59 Å². The van der Waals surface area contributed by atoms with E-state index in [0.29, 0.717) is 0 Å². The second kappa shape index (κ2) is 5.49. The molecular formula is C14H25N3O2. The monoisotopic (exact) mass is 267 g/mol. The highest BCUT2D eigenvalue weighted by Crippen LogP contribution is 2.37. The lowest BCUT2D eigenvalue weighted by Gasteiger charge is -2.35. The third kappa shape index (κ3) is 2.91. The predicted molar refractivity (Wildman–Crippen MR) is 73.4 cm³/mol. The van der Waals surface area contributed by atoms with Crippen molar-refractivity contribution < 1.29 is 9.59 Å². The summed E-state index contributed by atoms with van der Waals surface area (Å²) in [5.74, 6) is 0.216. The smallest absolute Gasteiger partial charge is 0.227 e. The molecular weight excluding hydrogens is 242 g/mol. The molecule has 1 aliphatic carbocycles. The van der Waals surface area contributed by atoms with Crippen molar-refractivity contribution in [3.05, 3.63) is 0 Å². The molecule has 0 aromatic heterocycles. The van der Waals surface area contributed by atoms with Gasteiger partial charge in [-0.05, 0) is 32.6 Å². The molecule has 0 bridgehead atoms. The molecule has 1 aliphatic heterocycles. The molecule has 3 N–H and O–H groups in total. The number of hydrogen-bond donors (Lipinski definition) is 2. The number of carbonyl (C=O) groups excluding carboxylic acids is 2. The minimum absolute atomic E-state index is 0.0233. The summed E-state index contributed by atoms with van der Waals surface area (Å²) in [5.41, 5.74) is 5.66. The summed E-state index contributed by atoms with van der Waals surface area (Å²) in [4.78, 5) is 25.5. The second-order valence-corrected chi connectivity index (χ2v) is 6.17. The summed E-state index contributed by atoms with van der Waals surface area (Å²) in [7, 11) is 0. The third-order valence-electron chi connectivity index (χ3n) is 4.82. The fraction of sp³-hybridized carbons (Fsp3) is 0.857. The number of nitrogens with one attached hydrogen (secondary N) is 1. The van der Waals surface area contributed by atoms with E-state index in [1.54, 1.807) is 6.92 Å². The molecule has 5 heteroatoms. The molecule has 2 atom stereocenters. The van der Waals surface area contributed by atoms with Crippen LogP contribution in [0.2, 0.25) is 0 Å². The second-order valence-electron chi connectivity index (χ2n) is 6.17. The maximum absolute atomic E-state index is 12.4.